The highest BCUT2D eigenvalue weighted by Gasteiger charge is 2.22. The molecule has 0 aliphatic heterocycles. The molecular formula is C16H25NO2. The third kappa shape index (κ3) is 3.71. The van der Waals surface area contributed by atoms with Crippen LogP contribution in [0.25, 0.3) is 0 Å². The largest absolute Gasteiger partial charge is 0.508 e. The van der Waals surface area contributed by atoms with E-state index >= 15 is 0 Å². The standard InChI is InChI=1S/C16H25NO2/c1-2-3-12(8-9-18)11-17-16-7-4-13-10-14(19)5-6-15(13)16/h5-6,10,12,16-19H,2-4,7-9,11H2,1H3. The summed E-state index contributed by atoms with van der Waals surface area (Å²) in [7, 11) is 0. The minimum absolute atomic E-state index is 0.279. The highest BCUT2D eigenvalue weighted by atomic mass is 16.3. The Bertz CT molecular complexity index is 400. The van der Waals surface area contributed by atoms with Crippen LogP contribution in [0, 0.1) is 5.92 Å². The van der Waals surface area contributed by atoms with Gasteiger partial charge in [0, 0.05) is 12.6 Å². The molecule has 3 heteroatoms. The number of rotatable bonds is 7. The van der Waals surface area contributed by atoms with E-state index < -0.39 is 0 Å². The molecule has 1 aliphatic carbocycles. The van der Waals surface area contributed by atoms with E-state index in [1.165, 1.54) is 24.0 Å². The molecule has 0 bridgehead atoms. The predicted molar refractivity (Wildman–Crippen MR) is 77.3 cm³/mol. The minimum Gasteiger partial charge on any atom is -0.508 e. The van der Waals surface area contributed by atoms with Gasteiger partial charge in [-0.25, -0.2) is 0 Å². The van der Waals surface area contributed by atoms with Crippen molar-refractivity contribution in [3.8, 4) is 5.75 Å². The van der Waals surface area contributed by atoms with Crippen LogP contribution < -0.4 is 5.32 Å². The number of phenolic OH excluding ortho intramolecular Hbond substituents is 1. The van der Waals surface area contributed by atoms with Gasteiger partial charge in [0.25, 0.3) is 0 Å². The fourth-order valence-electron chi connectivity index (χ4n) is 3.06. The fourth-order valence-corrected chi connectivity index (χ4v) is 3.06. The Balaban J connectivity index is 1.91. The van der Waals surface area contributed by atoms with E-state index in [-0.39, 0.29) is 6.61 Å². The summed E-state index contributed by atoms with van der Waals surface area (Å²) < 4.78 is 0. The predicted octanol–water partition coefficient (Wildman–Crippen LogP) is 2.77. The summed E-state index contributed by atoms with van der Waals surface area (Å²) in [6.45, 7) is 3.44. The van der Waals surface area contributed by atoms with Crippen LogP contribution in [0.1, 0.15) is 49.8 Å². The molecular weight excluding hydrogens is 238 g/mol. The van der Waals surface area contributed by atoms with E-state index in [0.717, 1.165) is 25.8 Å². The number of aryl methyl sites for hydroxylation is 1. The Morgan fingerprint density at radius 3 is 2.95 bits per heavy atom. The second kappa shape index (κ2) is 6.92. The number of phenols is 1. The third-order valence-electron chi connectivity index (χ3n) is 4.09. The average Bonchev–Trinajstić information content (AvgIpc) is 2.78. The first-order chi connectivity index (χ1) is 9.24. The van der Waals surface area contributed by atoms with Crippen LogP contribution in [-0.2, 0) is 6.42 Å². The summed E-state index contributed by atoms with van der Waals surface area (Å²) in [4.78, 5) is 0. The molecule has 3 N–H and O–H groups in total. The zero-order valence-electron chi connectivity index (χ0n) is 11.7. The smallest absolute Gasteiger partial charge is 0.115 e. The van der Waals surface area contributed by atoms with Gasteiger partial charge in [0.2, 0.25) is 0 Å². The maximum Gasteiger partial charge on any atom is 0.115 e. The Morgan fingerprint density at radius 2 is 2.21 bits per heavy atom. The molecule has 2 rings (SSSR count). The average molecular weight is 263 g/mol. The number of aliphatic hydroxyl groups excluding tert-OH is 1. The van der Waals surface area contributed by atoms with Gasteiger partial charge in [-0.1, -0.05) is 19.4 Å². The van der Waals surface area contributed by atoms with E-state index in [1.807, 2.05) is 12.1 Å². The summed E-state index contributed by atoms with van der Waals surface area (Å²) >= 11 is 0. The third-order valence-corrected chi connectivity index (χ3v) is 4.09. The molecule has 0 saturated heterocycles. The normalized spacial score (nSPS) is 19.4. The highest BCUT2D eigenvalue weighted by Crippen LogP contribution is 2.33. The molecule has 0 saturated carbocycles. The molecule has 19 heavy (non-hydrogen) atoms. The molecule has 0 aromatic heterocycles. The molecule has 2 atom stereocenters. The van der Waals surface area contributed by atoms with Gasteiger partial charge in [0.1, 0.15) is 5.75 Å². The first kappa shape index (κ1) is 14.4. The lowest BCUT2D eigenvalue weighted by Gasteiger charge is -2.20. The van der Waals surface area contributed by atoms with Crippen molar-refractivity contribution in [2.45, 2.75) is 45.1 Å². The molecule has 3 nitrogen and oxygen atoms in total. The number of nitrogens with one attached hydrogen (secondary N) is 1. The summed E-state index contributed by atoms with van der Waals surface area (Å²) in [5.41, 5.74) is 2.60. The van der Waals surface area contributed by atoms with Crippen molar-refractivity contribution in [2.75, 3.05) is 13.2 Å². The van der Waals surface area contributed by atoms with Gasteiger partial charge in [0.15, 0.2) is 0 Å². The van der Waals surface area contributed by atoms with Gasteiger partial charge in [-0.3, -0.25) is 0 Å². The quantitative estimate of drug-likeness (QED) is 0.709. The zero-order valence-corrected chi connectivity index (χ0v) is 11.7. The number of aliphatic hydroxyl groups is 1. The molecule has 2 unspecified atom stereocenters. The molecule has 1 aromatic rings. The van der Waals surface area contributed by atoms with E-state index in [2.05, 4.69) is 12.2 Å². The minimum atomic E-state index is 0.279. The van der Waals surface area contributed by atoms with E-state index in [1.54, 1.807) is 6.07 Å². The van der Waals surface area contributed by atoms with Crippen molar-refractivity contribution in [3.63, 3.8) is 0 Å². The molecule has 1 aliphatic rings. The van der Waals surface area contributed by atoms with E-state index in [0.29, 0.717) is 17.7 Å². The molecule has 0 fully saturated rings. The lowest BCUT2D eigenvalue weighted by molar-refractivity contribution is 0.245. The molecule has 106 valence electrons. The van der Waals surface area contributed by atoms with Crippen LogP contribution in [0.2, 0.25) is 0 Å². The Kier molecular flexibility index (Phi) is 5.23. The van der Waals surface area contributed by atoms with Gasteiger partial charge < -0.3 is 15.5 Å². The number of hydrogen-bond donors (Lipinski definition) is 3. The molecule has 0 amide bonds. The van der Waals surface area contributed by atoms with Gasteiger partial charge >= 0.3 is 0 Å². The van der Waals surface area contributed by atoms with Crippen LogP contribution in [0.15, 0.2) is 18.2 Å². The lowest BCUT2D eigenvalue weighted by atomic mass is 9.99. The van der Waals surface area contributed by atoms with Crippen LogP contribution in [0.3, 0.4) is 0 Å². The summed E-state index contributed by atoms with van der Waals surface area (Å²) in [6, 6.07) is 6.11. The van der Waals surface area contributed by atoms with Crippen molar-refractivity contribution >= 4 is 0 Å². The van der Waals surface area contributed by atoms with Crippen LogP contribution in [0.4, 0.5) is 0 Å². The molecule has 1 aromatic carbocycles. The SMILES string of the molecule is CCCC(CCO)CNC1CCc2cc(O)ccc21. The Morgan fingerprint density at radius 1 is 1.37 bits per heavy atom. The molecule has 0 heterocycles. The maximum absolute atomic E-state index is 9.49. The van der Waals surface area contributed by atoms with Crippen LogP contribution >= 0.6 is 0 Å². The van der Waals surface area contributed by atoms with Gasteiger partial charge in [0.05, 0.1) is 0 Å². The monoisotopic (exact) mass is 263 g/mol. The number of fused-ring (bicyclic) bond motifs is 1. The van der Waals surface area contributed by atoms with Gasteiger partial charge in [-0.05, 0) is 61.4 Å². The summed E-state index contributed by atoms with van der Waals surface area (Å²) in [5, 5.41) is 22.2. The lowest BCUT2D eigenvalue weighted by Crippen LogP contribution is -2.26. The summed E-state index contributed by atoms with van der Waals surface area (Å²) in [5.74, 6) is 0.930. The van der Waals surface area contributed by atoms with Crippen molar-refractivity contribution in [1.29, 1.82) is 0 Å². The van der Waals surface area contributed by atoms with Crippen molar-refractivity contribution in [2.24, 2.45) is 5.92 Å². The fraction of sp³-hybridized carbons (Fsp3) is 0.625. The van der Waals surface area contributed by atoms with Crippen molar-refractivity contribution in [3.05, 3.63) is 29.3 Å². The van der Waals surface area contributed by atoms with Crippen LogP contribution in [-0.4, -0.2) is 23.4 Å². The first-order valence-electron chi connectivity index (χ1n) is 7.40. The maximum atomic E-state index is 9.49. The van der Waals surface area contributed by atoms with Gasteiger partial charge in [-0.2, -0.15) is 0 Å². The topological polar surface area (TPSA) is 52.5 Å². The first-order valence-corrected chi connectivity index (χ1v) is 7.40. The zero-order chi connectivity index (χ0) is 13.7. The van der Waals surface area contributed by atoms with Crippen molar-refractivity contribution in [1.82, 2.24) is 5.32 Å². The molecule has 0 spiro atoms. The second-order valence-corrected chi connectivity index (χ2v) is 5.55. The van der Waals surface area contributed by atoms with Crippen LogP contribution in [0.5, 0.6) is 5.75 Å². The molecule has 0 radical (unpaired) electrons. The van der Waals surface area contributed by atoms with Crippen molar-refractivity contribution < 1.29 is 10.2 Å². The summed E-state index contributed by atoms with van der Waals surface area (Å²) in [6.07, 6.45) is 5.37. The van der Waals surface area contributed by atoms with E-state index in [9.17, 15) is 5.11 Å². The highest BCUT2D eigenvalue weighted by molar-refractivity contribution is 5.39. The number of benzene rings is 1. The Labute approximate surface area is 115 Å². The van der Waals surface area contributed by atoms with Gasteiger partial charge in [-0.15, -0.1) is 0 Å². The number of aromatic hydroxyl groups is 1. The second-order valence-electron chi connectivity index (χ2n) is 5.55. The van der Waals surface area contributed by atoms with E-state index in [4.69, 9.17) is 5.11 Å². The Hall–Kier alpha value is -1.06. The number of hydrogen-bond acceptors (Lipinski definition) is 3.